The molecule has 2 N–H and O–H groups in total. The van der Waals surface area contributed by atoms with Crippen LogP contribution in [0.1, 0.15) is 12.5 Å². The Balaban J connectivity index is 2.82. The van der Waals surface area contributed by atoms with E-state index in [1.807, 2.05) is 6.92 Å². The maximum atomic E-state index is 5.78. The molecular formula is C8H9ClN4. The number of nitrogens with zero attached hydrogens (tertiary/aromatic N) is 3. The van der Waals surface area contributed by atoms with Crippen molar-refractivity contribution in [3.05, 3.63) is 23.0 Å². The van der Waals surface area contributed by atoms with Crippen molar-refractivity contribution in [1.29, 1.82) is 0 Å². The summed E-state index contributed by atoms with van der Waals surface area (Å²) >= 11 is 5.78. The third-order valence-electron chi connectivity index (χ3n) is 1.92. The minimum Gasteiger partial charge on any atom is -0.383 e. The molecule has 0 aliphatic rings. The Labute approximate surface area is 80.3 Å². The summed E-state index contributed by atoms with van der Waals surface area (Å²) in [5.41, 5.74) is 7.49. The van der Waals surface area contributed by atoms with Gasteiger partial charge in [0.05, 0.1) is 6.20 Å². The van der Waals surface area contributed by atoms with Crippen LogP contribution in [-0.2, 0) is 6.42 Å². The number of halogens is 1. The maximum absolute atomic E-state index is 5.78. The SMILES string of the molecule is CCc1cnn2c(N)cc(Cl)nc12. The molecule has 0 unspecified atom stereocenters. The average Bonchev–Trinajstić information content (AvgIpc) is 2.47. The van der Waals surface area contributed by atoms with E-state index in [0.29, 0.717) is 11.0 Å². The van der Waals surface area contributed by atoms with Gasteiger partial charge in [0.2, 0.25) is 0 Å². The van der Waals surface area contributed by atoms with Crippen LogP contribution in [0, 0.1) is 0 Å². The molecule has 0 aliphatic carbocycles. The first-order valence-electron chi connectivity index (χ1n) is 4.01. The molecule has 0 amide bonds. The van der Waals surface area contributed by atoms with E-state index in [4.69, 9.17) is 17.3 Å². The van der Waals surface area contributed by atoms with E-state index in [0.717, 1.165) is 17.6 Å². The topological polar surface area (TPSA) is 56.2 Å². The second kappa shape index (κ2) is 2.88. The smallest absolute Gasteiger partial charge is 0.162 e. The lowest BCUT2D eigenvalue weighted by molar-refractivity contribution is 0.952. The van der Waals surface area contributed by atoms with Crippen molar-refractivity contribution < 1.29 is 0 Å². The van der Waals surface area contributed by atoms with Gasteiger partial charge in [0, 0.05) is 11.6 Å². The van der Waals surface area contributed by atoms with E-state index in [2.05, 4.69) is 10.1 Å². The molecule has 68 valence electrons. The minimum atomic E-state index is 0.403. The molecular weight excluding hydrogens is 188 g/mol. The Hall–Kier alpha value is -1.29. The Morgan fingerprint density at radius 2 is 2.38 bits per heavy atom. The normalized spacial score (nSPS) is 10.9. The van der Waals surface area contributed by atoms with Crippen molar-refractivity contribution in [2.24, 2.45) is 0 Å². The number of aryl methyl sites for hydroxylation is 1. The molecule has 0 saturated carbocycles. The quantitative estimate of drug-likeness (QED) is 0.704. The molecule has 0 spiro atoms. The number of hydrogen-bond donors (Lipinski definition) is 1. The summed E-state index contributed by atoms with van der Waals surface area (Å²) in [5.74, 6) is 0.509. The summed E-state index contributed by atoms with van der Waals surface area (Å²) < 4.78 is 1.59. The molecule has 0 atom stereocenters. The zero-order valence-corrected chi connectivity index (χ0v) is 7.91. The lowest BCUT2D eigenvalue weighted by Gasteiger charge is -1.99. The number of anilines is 1. The lowest BCUT2D eigenvalue weighted by atomic mass is 10.3. The van der Waals surface area contributed by atoms with Gasteiger partial charge in [0.15, 0.2) is 5.65 Å². The monoisotopic (exact) mass is 196 g/mol. The highest BCUT2D eigenvalue weighted by molar-refractivity contribution is 6.29. The number of hydrogen-bond acceptors (Lipinski definition) is 3. The highest BCUT2D eigenvalue weighted by Gasteiger charge is 2.06. The molecule has 2 aromatic heterocycles. The van der Waals surface area contributed by atoms with E-state index in [-0.39, 0.29) is 0 Å². The van der Waals surface area contributed by atoms with E-state index in [1.165, 1.54) is 0 Å². The first-order valence-corrected chi connectivity index (χ1v) is 4.38. The number of fused-ring (bicyclic) bond motifs is 1. The largest absolute Gasteiger partial charge is 0.383 e. The maximum Gasteiger partial charge on any atom is 0.162 e. The van der Waals surface area contributed by atoms with Crippen LogP contribution < -0.4 is 5.73 Å². The van der Waals surface area contributed by atoms with Crippen LogP contribution in [0.5, 0.6) is 0 Å². The van der Waals surface area contributed by atoms with Gasteiger partial charge in [-0.1, -0.05) is 18.5 Å². The Bertz CT molecular complexity index is 449. The van der Waals surface area contributed by atoms with Crippen LogP contribution >= 0.6 is 11.6 Å². The van der Waals surface area contributed by atoms with E-state index in [9.17, 15) is 0 Å². The molecule has 2 heterocycles. The Kier molecular flexibility index (Phi) is 1.84. The summed E-state index contributed by atoms with van der Waals surface area (Å²) in [6.07, 6.45) is 2.63. The van der Waals surface area contributed by atoms with Gasteiger partial charge in [0.1, 0.15) is 11.0 Å². The number of nitrogens with two attached hydrogens (primary N) is 1. The van der Waals surface area contributed by atoms with Gasteiger partial charge in [-0.2, -0.15) is 9.61 Å². The zero-order valence-electron chi connectivity index (χ0n) is 7.16. The number of aromatic nitrogens is 3. The fraction of sp³-hybridized carbons (Fsp3) is 0.250. The molecule has 0 fully saturated rings. The first kappa shape index (κ1) is 8.31. The van der Waals surface area contributed by atoms with E-state index in [1.54, 1.807) is 16.8 Å². The lowest BCUT2D eigenvalue weighted by Crippen LogP contribution is -2.00. The second-order valence-electron chi connectivity index (χ2n) is 2.76. The fourth-order valence-electron chi connectivity index (χ4n) is 1.25. The standard InChI is InChI=1S/C8H9ClN4/c1-2-5-4-11-13-7(10)3-6(9)12-8(5)13/h3-4H,2,10H2,1H3. The van der Waals surface area contributed by atoms with Crippen molar-refractivity contribution in [1.82, 2.24) is 14.6 Å². The first-order chi connectivity index (χ1) is 6.22. The Morgan fingerprint density at radius 1 is 1.62 bits per heavy atom. The predicted octanol–water partition coefficient (Wildman–Crippen LogP) is 1.53. The third-order valence-corrected chi connectivity index (χ3v) is 2.12. The summed E-state index contributed by atoms with van der Waals surface area (Å²) in [6, 6.07) is 1.58. The summed E-state index contributed by atoms with van der Waals surface area (Å²) in [6.45, 7) is 2.04. The molecule has 13 heavy (non-hydrogen) atoms. The molecule has 2 rings (SSSR count). The molecule has 0 bridgehead atoms. The summed E-state index contributed by atoms with van der Waals surface area (Å²) in [4.78, 5) is 4.15. The van der Waals surface area contributed by atoms with Crippen LogP contribution in [0.3, 0.4) is 0 Å². The van der Waals surface area contributed by atoms with Crippen molar-refractivity contribution in [2.75, 3.05) is 5.73 Å². The third kappa shape index (κ3) is 1.23. The van der Waals surface area contributed by atoms with Crippen molar-refractivity contribution >= 4 is 23.1 Å². The van der Waals surface area contributed by atoms with Gasteiger partial charge < -0.3 is 5.73 Å². The van der Waals surface area contributed by atoms with Gasteiger partial charge >= 0.3 is 0 Å². The van der Waals surface area contributed by atoms with Crippen LogP contribution in [0.25, 0.3) is 5.65 Å². The molecule has 4 nitrogen and oxygen atoms in total. The average molecular weight is 197 g/mol. The van der Waals surface area contributed by atoms with Crippen LogP contribution in [0.15, 0.2) is 12.3 Å². The zero-order chi connectivity index (χ0) is 9.42. The molecule has 0 radical (unpaired) electrons. The second-order valence-corrected chi connectivity index (χ2v) is 3.15. The van der Waals surface area contributed by atoms with Crippen molar-refractivity contribution in [3.8, 4) is 0 Å². The van der Waals surface area contributed by atoms with E-state index >= 15 is 0 Å². The van der Waals surface area contributed by atoms with Gasteiger partial charge in [0.25, 0.3) is 0 Å². The predicted molar refractivity (Wildman–Crippen MR) is 51.8 cm³/mol. The van der Waals surface area contributed by atoms with Gasteiger partial charge in [-0.3, -0.25) is 0 Å². The molecule has 0 aliphatic heterocycles. The molecule has 0 aromatic carbocycles. The number of nitrogen functional groups attached to an aromatic ring is 1. The fourth-order valence-corrected chi connectivity index (χ4v) is 1.44. The Morgan fingerprint density at radius 3 is 3.08 bits per heavy atom. The minimum absolute atomic E-state index is 0.403. The molecule has 0 saturated heterocycles. The summed E-state index contributed by atoms with van der Waals surface area (Å²) in [7, 11) is 0. The molecule has 2 aromatic rings. The van der Waals surface area contributed by atoms with Gasteiger partial charge in [-0.15, -0.1) is 0 Å². The van der Waals surface area contributed by atoms with Crippen molar-refractivity contribution in [2.45, 2.75) is 13.3 Å². The highest BCUT2D eigenvalue weighted by atomic mass is 35.5. The van der Waals surface area contributed by atoms with Crippen LogP contribution in [-0.4, -0.2) is 14.6 Å². The van der Waals surface area contributed by atoms with Crippen LogP contribution in [0.2, 0.25) is 5.15 Å². The van der Waals surface area contributed by atoms with Crippen molar-refractivity contribution in [3.63, 3.8) is 0 Å². The number of rotatable bonds is 1. The van der Waals surface area contributed by atoms with Crippen LogP contribution in [0.4, 0.5) is 5.82 Å². The highest BCUT2D eigenvalue weighted by Crippen LogP contribution is 2.16. The van der Waals surface area contributed by atoms with E-state index < -0.39 is 0 Å². The van der Waals surface area contributed by atoms with Gasteiger partial charge in [-0.05, 0) is 6.42 Å². The summed E-state index contributed by atoms with van der Waals surface area (Å²) in [5, 5.41) is 4.50. The molecule has 5 heteroatoms. The van der Waals surface area contributed by atoms with Gasteiger partial charge in [-0.25, -0.2) is 4.98 Å².